The van der Waals surface area contributed by atoms with Gasteiger partial charge in [-0.1, -0.05) is 30.3 Å². The topological polar surface area (TPSA) is 42.4 Å². The molecule has 5 heteroatoms. The van der Waals surface area contributed by atoms with Crippen LogP contribution < -0.4 is 0 Å². The lowest BCUT2D eigenvalue weighted by molar-refractivity contribution is -0.132. The summed E-state index contributed by atoms with van der Waals surface area (Å²) in [7, 11) is 1.66. The molecule has 0 bridgehead atoms. The minimum absolute atomic E-state index is 0.129. The molecular weight excluding hydrogens is 320 g/mol. The number of amides is 1. The van der Waals surface area contributed by atoms with Crippen LogP contribution >= 0.6 is 11.8 Å². The Labute approximate surface area is 147 Å². The van der Waals surface area contributed by atoms with Crippen molar-refractivity contribution in [1.29, 1.82) is 0 Å². The quantitative estimate of drug-likeness (QED) is 0.809. The van der Waals surface area contributed by atoms with E-state index in [1.54, 1.807) is 25.1 Å². The van der Waals surface area contributed by atoms with E-state index < -0.39 is 0 Å². The van der Waals surface area contributed by atoms with Gasteiger partial charge in [-0.3, -0.25) is 9.78 Å². The standard InChI is InChI=1S/C19H22N2O2S/c1-23-12-11-21(14-16-7-4-5-10-20-16)19(22)18-17-8-3-2-6-15(17)9-13-24-18/h2-8,10,18H,9,11-14H2,1H3/t18-/m0/s1. The second-order valence-electron chi connectivity index (χ2n) is 5.77. The van der Waals surface area contributed by atoms with Crippen molar-refractivity contribution in [1.82, 2.24) is 9.88 Å². The Kier molecular flexibility index (Phi) is 5.88. The summed E-state index contributed by atoms with van der Waals surface area (Å²) in [6.45, 7) is 1.62. The number of pyridine rings is 1. The average Bonchev–Trinajstić information content (AvgIpc) is 2.65. The zero-order valence-corrected chi connectivity index (χ0v) is 14.7. The Morgan fingerprint density at radius 3 is 2.92 bits per heavy atom. The summed E-state index contributed by atoms with van der Waals surface area (Å²) >= 11 is 1.73. The number of hydrogen-bond donors (Lipinski definition) is 0. The maximum Gasteiger partial charge on any atom is 0.240 e. The molecule has 0 radical (unpaired) electrons. The van der Waals surface area contributed by atoms with Crippen LogP contribution in [0.2, 0.25) is 0 Å². The van der Waals surface area contributed by atoms with E-state index in [2.05, 4.69) is 17.1 Å². The van der Waals surface area contributed by atoms with Crippen LogP contribution in [0, 0.1) is 0 Å². The van der Waals surface area contributed by atoms with E-state index in [0.717, 1.165) is 23.4 Å². The van der Waals surface area contributed by atoms with Crippen LogP contribution in [0.5, 0.6) is 0 Å². The van der Waals surface area contributed by atoms with Crippen molar-refractivity contribution in [2.75, 3.05) is 26.0 Å². The lowest BCUT2D eigenvalue weighted by Gasteiger charge is -2.30. The minimum atomic E-state index is -0.129. The van der Waals surface area contributed by atoms with Gasteiger partial charge in [0.25, 0.3) is 0 Å². The molecule has 2 heterocycles. The van der Waals surface area contributed by atoms with Crippen molar-refractivity contribution in [2.45, 2.75) is 18.2 Å². The first kappa shape index (κ1) is 17.0. The molecule has 0 unspecified atom stereocenters. The van der Waals surface area contributed by atoms with E-state index in [9.17, 15) is 4.79 Å². The number of carbonyl (C=O) groups is 1. The van der Waals surface area contributed by atoms with Crippen LogP contribution in [-0.2, 0) is 22.5 Å². The molecule has 0 aliphatic carbocycles. The van der Waals surface area contributed by atoms with Gasteiger partial charge in [0.2, 0.25) is 5.91 Å². The number of thioether (sulfide) groups is 1. The first-order chi connectivity index (χ1) is 11.8. The van der Waals surface area contributed by atoms with Crippen molar-refractivity contribution < 1.29 is 9.53 Å². The number of carbonyl (C=O) groups excluding carboxylic acids is 1. The molecule has 4 nitrogen and oxygen atoms in total. The normalized spacial score (nSPS) is 16.5. The Morgan fingerprint density at radius 2 is 2.12 bits per heavy atom. The molecule has 2 aromatic rings. The fourth-order valence-corrected chi connectivity index (χ4v) is 4.19. The predicted molar refractivity (Wildman–Crippen MR) is 96.9 cm³/mol. The maximum atomic E-state index is 13.2. The number of ether oxygens (including phenoxy) is 1. The molecule has 1 atom stereocenters. The Bertz CT molecular complexity index is 678. The molecular formula is C19H22N2O2S. The second kappa shape index (κ2) is 8.31. The SMILES string of the molecule is COCCN(Cc1ccccn1)C(=O)[C@H]1SCCc2ccccc21. The Hall–Kier alpha value is -1.85. The number of fused-ring (bicyclic) bond motifs is 1. The summed E-state index contributed by atoms with van der Waals surface area (Å²) < 4.78 is 5.20. The second-order valence-corrected chi connectivity index (χ2v) is 6.99. The predicted octanol–water partition coefficient (Wildman–Crippen LogP) is 3.09. The largest absolute Gasteiger partial charge is 0.383 e. The molecule has 1 aromatic carbocycles. The van der Waals surface area contributed by atoms with Crippen LogP contribution in [0.3, 0.4) is 0 Å². The molecule has 126 valence electrons. The van der Waals surface area contributed by atoms with E-state index in [0.29, 0.717) is 19.7 Å². The molecule has 0 saturated carbocycles. The van der Waals surface area contributed by atoms with Crippen LogP contribution in [0.15, 0.2) is 48.7 Å². The Balaban J connectivity index is 1.81. The van der Waals surface area contributed by atoms with Crippen molar-refractivity contribution in [2.24, 2.45) is 0 Å². The average molecular weight is 342 g/mol. The Morgan fingerprint density at radius 1 is 1.29 bits per heavy atom. The smallest absolute Gasteiger partial charge is 0.240 e. The molecule has 24 heavy (non-hydrogen) atoms. The van der Waals surface area contributed by atoms with Gasteiger partial charge in [-0.25, -0.2) is 0 Å². The van der Waals surface area contributed by atoms with Crippen molar-refractivity contribution in [3.63, 3.8) is 0 Å². The number of nitrogens with zero attached hydrogens (tertiary/aromatic N) is 2. The lowest BCUT2D eigenvalue weighted by Crippen LogP contribution is -2.37. The van der Waals surface area contributed by atoms with Gasteiger partial charge in [-0.2, -0.15) is 0 Å². The number of methoxy groups -OCH3 is 1. The molecule has 0 N–H and O–H groups in total. The van der Waals surface area contributed by atoms with Gasteiger partial charge in [0.1, 0.15) is 5.25 Å². The highest BCUT2D eigenvalue weighted by Crippen LogP contribution is 2.38. The molecule has 1 aliphatic rings. The van der Waals surface area contributed by atoms with E-state index in [4.69, 9.17) is 4.74 Å². The van der Waals surface area contributed by atoms with E-state index >= 15 is 0 Å². The molecule has 1 aromatic heterocycles. The van der Waals surface area contributed by atoms with Crippen molar-refractivity contribution in [3.8, 4) is 0 Å². The number of hydrogen-bond acceptors (Lipinski definition) is 4. The maximum absolute atomic E-state index is 13.2. The van der Waals surface area contributed by atoms with Crippen molar-refractivity contribution >= 4 is 17.7 Å². The summed E-state index contributed by atoms with van der Waals surface area (Å²) in [6.07, 6.45) is 2.79. The van der Waals surface area contributed by atoms with Gasteiger partial charge in [0, 0.05) is 19.9 Å². The summed E-state index contributed by atoms with van der Waals surface area (Å²) in [5.74, 6) is 1.13. The van der Waals surface area contributed by atoms with Crippen LogP contribution in [0.4, 0.5) is 0 Å². The minimum Gasteiger partial charge on any atom is -0.383 e. The van der Waals surface area contributed by atoms with E-state index in [1.807, 2.05) is 35.2 Å². The fraction of sp³-hybridized carbons (Fsp3) is 0.368. The number of rotatable bonds is 6. The van der Waals surface area contributed by atoms with Crippen LogP contribution in [0.25, 0.3) is 0 Å². The highest BCUT2D eigenvalue weighted by Gasteiger charge is 2.30. The fourth-order valence-electron chi connectivity index (χ4n) is 2.92. The van der Waals surface area contributed by atoms with Gasteiger partial charge in [0.05, 0.1) is 18.8 Å². The molecule has 0 saturated heterocycles. The van der Waals surface area contributed by atoms with Gasteiger partial charge in [0.15, 0.2) is 0 Å². The van der Waals surface area contributed by atoms with Gasteiger partial charge in [-0.05, 0) is 35.4 Å². The van der Waals surface area contributed by atoms with Gasteiger partial charge >= 0.3 is 0 Å². The molecule has 0 fully saturated rings. The first-order valence-corrected chi connectivity index (χ1v) is 9.21. The summed E-state index contributed by atoms with van der Waals surface area (Å²) in [5.41, 5.74) is 3.34. The van der Waals surface area contributed by atoms with Gasteiger partial charge < -0.3 is 9.64 Å². The number of aromatic nitrogens is 1. The summed E-state index contributed by atoms with van der Waals surface area (Å²) in [4.78, 5) is 19.4. The number of aryl methyl sites for hydroxylation is 1. The zero-order chi connectivity index (χ0) is 16.8. The molecule has 0 spiro atoms. The monoisotopic (exact) mass is 342 g/mol. The molecule has 1 aliphatic heterocycles. The third-order valence-corrected chi connectivity index (χ3v) is 5.40. The lowest BCUT2D eigenvalue weighted by atomic mass is 10.0. The zero-order valence-electron chi connectivity index (χ0n) is 13.9. The van der Waals surface area contributed by atoms with Crippen LogP contribution in [0.1, 0.15) is 22.1 Å². The first-order valence-electron chi connectivity index (χ1n) is 8.16. The molecule has 1 amide bonds. The highest BCUT2D eigenvalue weighted by molar-refractivity contribution is 8.00. The molecule has 3 rings (SSSR count). The summed E-state index contributed by atoms with van der Waals surface area (Å²) in [6, 6.07) is 14.1. The third kappa shape index (κ3) is 3.97. The van der Waals surface area contributed by atoms with E-state index in [-0.39, 0.29) is 11.2 Å². The van der Waals surface area contributed by atoms with Crippen LogP contribution in [-0.4, -0.2) is 41.8 Å². The summed E-state index contributed by atoms with van der Waals surface area (Å²) in [5, 5.41) is -0.129. The number of benzene rings is 1. The van der Waals surface area contributed by atoms with E-state index in [1.165, 1.54) is 5.56 Å². The third-order valence-electron chi connectivity index (χ3n) is 4.17. The van der Waals surface area contributed by atoms with Crippen molar-refractivity contribution in [3.05, 3.63) is 65.5 Å². The van der Waals surface area contributed by atoms with Gasteiger partial charge in [-0.15, -0.1) is 11.8 Å². The highest BCUT2D eigenvalue weighted by atomic mass is 32.2.